The van der Waals surface area contributed by atoms with Crippen molar-refractivity contribution in [2.24, 2.45) is 0 Å². The SMILES string of the molecule is Cc1cc(S(=O)(=O)CC(=O)N2CCCC2)ccc1N. The molecule has 1 aromatic rings. The van der Waals surface area contributed by atoms with Crippen molar-refractivity contribution in [2.45, 2.75) is 24.7 Å². The van der Waals surface area contributed by atoms with E-state index in [1.807, 2.05) is 0 Å². The monoisotopic (exact) mass is 282 g/mol. The predicted octanol–water partition coefficient (Wildman–Crippen LogP) is 0.973. The second kappa shape index (κ2) is 5.21. The van der Waals surface area contributed by atoms with E-state index >= 15 is 0 Å². The van der Waals surface area contributed by atoms with Crippen molar-refractivity contribution in [1.29, 1.82) is 0 Å². The van der Waals surface area contributed by atoms with Crippen molar-refractivity contribution >= 4 is 21.4 Å². The van der Waals surface area contributed by atoms with Crippen molar-refractivity contribution in [3.8, 4) is 0 Å². The molecule has 1 aliphatic heterocycles. The number of hydrogen-bond donors (Lipinski definition) is 1. The van der Waals surface area contributed by atoms with Gasteiger partial charge in [0.1, 0.15) is 5.75 Å². The van der Waals surface area contributed by atoms with Crippen LogP contribution in [0.1, 0.15) is 18.4 Å². The van der Waals surface area contributed by atoms with E-state index in [-0.39, 0.29) is 10.8 Å². The summed E-state index contributed by atoms with van der Waals surface area (Å²) in [5, 5.41) is 0. The number of rotatable bonds is 3. The van der Waals surface area contributed by atoms with Crippen LogP contribution in [-0.2, 0) is 14.6 Å². The smallest absolute Gasteiger partial charge is 0.238 e. The summed E-state index contributed by atoms with van der Waals surface area (Å²) in [4.78, 5) is 13.7. The van der Waals surface area contributed by atoms with Gasteiger partial charge < -0.3 is 10.6 Å². The van der Waals surface area contributed by atoms with Gasteiger partial charge in [0.15, 0.2) is 9.84 Å². The molecule has 0 bridgehead atoms. The van der Waals surface area contributed by atoms with Crippen molar-refractivity contribution in [2.75, 3.05) is 24.6 Å². The molecule has 6 heteroatoms. The van der Waals surface area contributed by atoms with Gasteiger partial charge >= 0.3 is 0 Å². The summed E-state index contributed by atoms with van der Waals surface area (Å²) in [5.74, 6) is -0.775. The molecule has 1 aliphatic rings. The Labute approximate surface area is 113 Å². The fourth-order valence-electron chi connectivity index (χ4n) is 2.15. The standard InChI is InChI=1S/C13H18N2O3S/c1-10-8-11(4-5-12(10)14)19(17,18)9-13(16)15-6-2-3-7-15/h4-5,8H,2-3,6-7,9,14H2,1H3. The maximum absolute atomic E-state index is 12.2. The minimum atomic E-state index is -3.58. The van der Waals surface area contributed by atoms with Gasteiger partial charge in [-0.3, -0.25) is 4.79 Å². The van der Waals surface area contributed by atoms with Gasteiger partial charge in [-0.05, 0) is 43.5 Å². The number of amides is 1. The minimum Gasteiger partial charge on any atom is -0.399 e. The highest BCUT2D eigenvalue weighted by atomic mass is 32.2. The highest BCUT2D eigenvalue weighted by Crippen LogP contribution is 2.19. The Morgan fingerprint density at radius 3 is 2.53 bits per heavy atom. The first kappa shape index (κ1) is 13.9. The summed E-state index contributed by atoms with van der Waals surface area (Å²) in [5.41, 5.74) is 6.91. The van der Waals surface area contributed by atoms with Gasteiger partial charge in [-0.2, -0.15) is 0 Å². The quantitative estimate of drug-likeness (QED) is 0.838. The molecule has 0 saturated carbocycles. The first-order valence-corrected chi connectivity index (χ1v) is 7.92. The normalized spacial score (nSPS) is 15.7. The molecule has 1 heterocycles. The minimum absolute atomic E-state index is 0.159. The molecular weight excluding hydrogens is 264 g/mol. The third kappa shape index (κ3) is 3.07. The van der Waals surface area contributed by atoms with Crippen molar-refractivity contribution < 1.29 is 13.2 Å². The fourth-order valence-corrected chi connectivity index (χ4v) is 3.45. The highest BCUT2D eigenvalue weighted by Gasteiger charge is 2.25. The first-order valence-electron chi connectivity index (χ1n) is 6.27. The van der Waals surface area contributed by atoms with Crippen LogP contribution in [0.4, 0.5) is 5.69 Å². The number of benzene rings is 1. The molecule has 104 valence electrons. The van der Waals surface area contributed by atoms with Gasteiger partial charge in [-0.25, -0.2) is 8.42 Å². The van der Waals surface area contributed by atoms with Crippen LogP contribution >= 0.6 is 0 Å². The Hall–Kier alpha value is -1.56. The number of aryl methyl sites for hydroxylation is 1. The number of sulfone groups is 1. The molecule has 0 aliphatic carbocycles. The largest absolute Gasteiger partial charge is 0.399 e. The van der Waals surface area contributed by atoms with E-state index in [9.17, 15) is 13.2 Å². The number of nitrogens with zero attached hydrogens (tertiary/aromatic N) is 1. The molecule has 0 atom stereocenters. The average Bonchev–Trinajstić information content (AvgIpc) is 2.85. The highest BCUT2D eigenvalue weighted by molar-refractivity contribution is 7.92. The molecule has 0 radical (unpaired) electrons. The lowest BCUT2D eigenvalue weighted by atomic mass is 10.2. The number of anilines is 1. The summed E-state index contributed by atoms with van der Waals surface area (Å²) in [6, 6.07) is 4.53. The molecule has 0 unspecified atom stereocenters. The molecule has 5 nitrogen and oxygen atoms in total. The maximum atomic E-state index is 12.2. The van der Waals surface area contributed by atoms with Crippen LogP contribution in [0.25, 0.3) is 0 Å². The second-order valence-corrected chi connectivity index (χ2v) is 6.85. The van der Waals surface area contributed by atoms with E-state index in [0.717, 1.165) is 12.8 Å². The summed E-state index contributed by atoms with van der Waals surface area (Å²) < 4.78 is 24.3. The number of nitrogen functional groups attached to an aromatic ring is 1. The average molecular weight is 282 g/mol. The summed E-state index contributed by atoms with van der Waals surface area (Å²) in [6.45, 7) is 3.07. The van der Waals surface area contributed by atoms with E-state index in [2.05, 4.69) is 0 Å². The van der Waals surface area contributed by atoms with Gasteiger partial charge in [-0.15, -0.1) is 0 Å². The molecule has 1 fully saturated rings. The zero-order valence-electron chi connectivity index (χ0n) is 10.9. The molecule has 1 aromatic carbocycles. The number of carbonyl (C=O) groups is 1. The van der Waals surface area contributed by atoms with E-state index in [1.54, 1.807) is 17.9 Å². The number of nitrogens with two attached hydrogens (primary N) is 1. The third-order valence-electron chi connectivity index (χ3n) is 3.37. The Morgan fingerprint density at radius 1 is 1.32 bits per heavy atom. The summed E-state index contributed by atoms with van der Waals surface area (Å²) in [6.07, 6.45) is 1.90. The Kier molecular flexibility index (Phi) is 3.80. The molecular formula is C13H18N2O3S. The zero-order valence-corrected chi connectivity index (χ0v) is 11.7. The third-order valence-corrected chi connectivity index (χ3v) is 4.97. The van der Waals surface area contributed by atoms with Crippen LogP contribution in [0.15, 0.2) is 23.1 Å². The first-order chi connectivity index (χ1) is 8.90. The van der Waals surface area contributed by atoms with Gasteiger partial charge in [0, 0.05) is 18.8 Å². The van der Waals surface area contributed by atoms with Crippen molar-refractivity contribution in [3.05, 3.63) is 23.8 Å². The summed E-state index contributed by atoms with van der Waals surface area (Å²) >= 11 is 0. The second-order valence-electron chi connectivity index (χ2n) is 4.87. The number of carbonyl (C=O) groups excluding carboxylic acids is 1. The molecule has 1 saturated heterocycles. The van der Waals surface area contributed by atoms with Crippen LogP contribution in [0.5, 0.6) is 0 Å². The Bertz CT molecular complexity index is 590. The van der Waals surface area contributed by atoms with Crippen LogP contribution in [0.2, 0.25) is 0 Å². The van der Waals surface area contributed by atoms with Crippen LogP contribution < -0.4 is 5.73 Å². The number of likely N-dealkylation sites (tertiary alicyclic amines) is 1. The van der Waals surface area contributed by atoms with Crippen molar-refractivity contribution in [3.63, 3.8) is 0 Å². The molecule has 0 spiro atoms. The lowest BCUT2D eigenvalue weighted by Gasteiger charge is -2.15. The zero-order chi connectivity index (χ0) is 14.0. The molecule has 0 aromatic heterocycles. The van der Waals surface area contributed by atoms with E-state index in [4.69, 9.17) is 5.73 Å². The van der Waals surface area contributed by atoms with E-state index in [1.165, 1.54) is 12.1 Å². The fraction of sp³-hybridized carbons (Fsp3) is 0.462. The lowest BCUT2D eigenvalue weighted by Crippen LogP contribution is -2.33. The van der Waals surface area contributed by atoms with Crippen LogP contribution in [0.3, 0.4) is 0 Å². The van der Waals surface area contributed by atoms with Gasteiger partial charge in [0.05, 0.1) is 4.90 Å². The van der Waals surface area contributed by atoms with Gasteiger partial charge in [0.2, 0.25) is 5.91 Å². The number of hydrogen-bond acceptors (Lipinski definition) is 4. The van der Waals surface area contributed by atoms with Gasteiger partial charge in [-0.1, -0.05) is 0 Å². The lowest BCUT2D eigenvalue weighted by molar-refractivity contribution is -0.127. The van der Waals surface area contributed by atoms with Gasteiger partial charge in [0.25, 0.3) is 0 Å². The summed E-state index contributed by atoms with van der Waals surface area (Å²) in [7, 11) is -3.58. The molecule has 2 rings (SSSR count). The van der Waals surface area contributed by atoms with E-state index in [0.29, 0.717) is 24.3 Å². The van der Waals surface area contributed by atoms with Crippen LogP contribution in [-0.4, -0.2) is 38.1 Å². The Balaban J connectivity index is 2.17. The molecule has 19 heavy (non-hydrogen) atoms. The maximum Gasteiger partial charge on any atom is 0.238 e. The predicted molar refractivity (Wildman–Crippen MR) is 73.5 cm³/mol. The topological polar surface area (TPSA) is 80.5 Å². The molecule has 2 N–H and O–H groups in total. The van der Waals surface area contributed by atoms with Crippen molar-refractivity contribution in [1.82, 2.24) is 4.90 Å². The van der Waals surface area contributed by atoms with Crippen LogP contribution in [0, 0.1) is 6.92 Å². The Morgan fingerprint density at radius 2 is 1.95 bits per heavy atom. The molecule has 1 amide bonds. The van der Waals surface area contributed by atoms with E-state index < -0.39 is 15.6 Å².